The molecule has 0 unspecified atom stereocenters. The van der Waals surface area contributed by atoms with E-state index in [-0.39, 0.29) is 24.2 Å². The zero-order valence-corrected chi connectivity index (χ0v) is 18.0. The van der Waals surface area contributed by atoms with Crippen molar-refractivity contribution in [1.29, 1.82) is 0 Å². The van der Waals surface area contributed by atoms with E-state index in [4.69, 9.17) is 11.6 Å². The highest BCUT2D eigenvalue weighted by molar-refractivity contribution is 6.17. The second-order valence-electron chi connectivity index (χ2n) is 6.92. The van der Waals surface area contributed by atoms with Crippen LogP contribution >= 0.6 is 11.6 Å². The second-order valence-corrected chi connectivity index (χ2v) is 7.30. The van der Waals surface area contributed by atoms with Crippen molar-refractivity contribution in [2.24, 2.45) is 0 Å². The molecule has 3 aromatic rings. The van der Waals surface area contributed by atoms with Gasteiger partial charge in [0.2, 0.25) is 11.8 Å². The molecule has 0 fully saturated rings. The minimum atomic E-state index is -0.362. The van der Waals surface area contributed by atoms with Gasteiger partial charge in [-0.3, -0.25) is 9.59 Å². The molecule has 3 rings (SSSR count). The third-order valence-electron chi connectivity index (χ3n) is 4.71. The minimum absolute atomic E-state index is 0.0765. The van der Waals surface area contributed by atoms with Gasteiger partial charge in [-0.15, -0.1) is 11.6 Å². The van der Waals surface area contributed by atoms with E-state index in [0.29, 0.717) is 42.5 Å². The highest BCUT2D eigenvalue weighted by Crippen LogP contribution is 2.25. The van der Waals surface area contributed by atoms with Crippen LogP contribution in [0.1, 0.15) is 19.8 Å². The molecule has 2 aromatic carbocycles. The fourth-order valence-electron chi connectivity index (χ4n) is 3.11. The number of carbonyl (C=O) groups excluding carboxylic acids is 2. The van der Waals surface area contributed by atoms with Crippen molar-refractivity contribution < 1.29 is 14.0 Å². The number of aromatic nitrogens is 2. The first-order valence-electron chi connectivity index (χ1n) is 10.1. The predicted octanol–water partition coefficient (Wildman–Crippen LogP) is 4.48. The molecule has 0 aliphatic rings. The first-order valence-corrected chi connectivity index (χ1v) is 10.6. The molecule has 0 saturated carbocycles. The Morgan fingerprint density at radius 2 is 1.84 bits per heavy atom. The molecule has 2 amide bonds. The van der Waals surface area contributed by atoms with Crippen LogP contribution in [0.15, 0.2) is 60.7 Å². The Bertz CT molecular complexity index is 1020. The lowest BCUT2D eigenvalue weighted by Crippen LogP contribution is -2.38. The average Bonchev–Trinajstić information content (AvgIpc) is 3.20. The van der Waals surface area contributed by atoms with Crippen molar-refractivity contribution in [2.75, 3.05) is 24.3 Å². The number of hydrogen-bond acceptors (Lipinski definition) is 3. The van der Waals surface area contributed by atoms with Gasteiger partial charge in [0.25, 0.3) is 0 Å². The van der Waals surface area contributed by atoms with Gasteiger partial charge in [0, 0.05) is 30.5 Å². The molecule has 1 N–H and O–H groups in total. The van der Waals surface area contributed by atoms with Crippen LogP contribution in [-0.2, 0) is 9.59 Å². The van der Waals surface area contributed by atoms with E-state index < -0.39 is 0 Å². The topological polar surface area (TPSA) is 67.2 Å². The Labute approximate surface area is 185 Å². The van der Waals surface area contributed by atoms with Gasteiger partial charge in [-0.2, -0.15) is 5.10 Å². The number of likely N-dealkylation sites (N-methyl/N-ethyl adjacent to an activating group) is 1. The maximum atomic E-state index is 13.4. The number of amides is 2. The summed E-state index contributed by atoms with van der Waals surface area (Å²) in [6.07, 6.45) is 0.868. The number of nitrogens with zero attached hydrogens (tertiary/aromatic N) is 3. The molecule has 8 heteroatoms. The minimum Gasteiger partial charge on any atom is -0.334 e. The fourth-order valence-corrected chi connectivity index (χ4v) is 3.24. The van der Waals surface area contributed by atoms with Crippen LogP contribution < -0.4 is 5.32 Å². The van der Waals surface area contributed by atoms with Crippen LogP contribution in [0.5, 0.6) is 0 Å². The van der Waals surface area contributed by atoms with Crippen LogP contribution in [0.4, 0.5) is 10.2 Å². The molecule has 0 spiro atoms. The molecule has 31 heavy (non-hydrogen) atoms. The quantitative estimate of drug-likeness (QED) is 0.497. The summed E-state index contributed by atoms with van der Waals surface area (Å²) in [5.41, 5.74) is 2.14. The number of rotatable bonds is 9. The van der Waals surface area contributed by atoms with Gasteiger partial charge in [-0.1, -0.05) is 30.3 Å². The Kier molecular flexibility index (Phi) is 7.78. The van der Waals surface area contributed by atoms with E-state index in [1.807, 2.05) is 37.3 Å². The Balaban J connectivity index is 1.85. The maximum absolute atomic E-state index is 13.4. The van der Waals surface area contributed by atoms with E-state index in [9.17, 15) is 14.0 Å². The van der Waals surface area contributed by atoms with Gasteiger partial charge >= 0.3 is 0 Å². The van der Waals surface area contributed by atoms with Gasteiger partial charge < -0.3 is 10.2 Å². The SMILES string of the molecule is CCN(CC(=O)Nc1cc(-c2ccccc2)nn1-c1ccc(F)cc1)C(=O)CCCCl. The molecule has 162 valence electrons. The lowest BCUT2D eigenvalue weighted by Gasteiger charge is -2.20. The molecule has 6 nitrogen and oxygen atoms in total. The Hall–Kier alpha value is -3.19. The molecule has 1 heterocycles. The van der Waals surface area contributed by atoms with E-state index >= 15 is 0 Å². The van der Waals surface area contributed by atoms with Gasteiger partial charge in [-0.25, -0.2) is 9.07 Å². The van der Waals surface area contributed by atoms with Gasteiger partial charge in [0.1, 0.15) is 11.6 Å². The molecule has 0 aliphatic carbocycles. The van der Waals surface area contributed by atoms with Gasteiger partial charge in [-0.05, 0) is 37.6 Å². The summed E-state index contributed by atoms with van der Waals surface area (Å²) in [4.78, 5) is 26.5. The van der Waals surface area contributed by atoms with E-state index in [1.165, 1.54) is 17.0 Å². The third kappa shape index (κ3) is 5.92. The van der Waals surface area contributed by atoms with Gasteiger partial charge in [0.05, 0.1) is 17.9 Å². The molecule has 0 atom stereocenters. The van der Waals surface area contributed by atoms with Crippen molar-refractivity contribution in [3.05, 3.63) is 66.5 Å². The average molecular weight is 443 g/mol. The third-order valence-corrected chi connectivity index (χ3v) is 4.98. The standard InChI is InChI=1S/C23H24ClFN4O2/c1-2-28(23(31)9-6-14-24)16-22(30)26-21-15-20(17-7-4-3-5-8-17)27-29(21)19-12-10-18(25)11-13-19/h3-5,7-8,10-13,15H,2,6,9,14,16H2,1H3,(H,26,30). The van der Waals surface area contributed by atoms with Crippen molar-refractivity contribution in [3.63, 3.8) is 0 Å². The lowest BCUT2D eigenvalue weighted by molar-refractivity contribution is -0.134. The first-order chi connectivity index (χ1) is 15.0. The zero-order chi connectivity index (χ0) is 22.2. The summed E-state index contributed by atoms with van der Waals surface area (Å²) in [7, 11) is 0. The zero-order valence-electron chi connectivity index (χ0n) is 17.2. The lowest BCUT2D eigenvalue weighted by atomic mass is 10.1. The van der Waals surface area contributed by atoms with E-state index in [2.05, 4.69) is 10.4 Å². The smallest absolute Gasteiger partial charge is 0.245 e. The molecular formula is C23H24ClFN4O2. The number of anilines is 1. The highest BCUT2D eigenvalue weighted by atomic mass is 35.5. The van der Waals surface area contributed by atoms with Crippen LogP contribution in [0, 0.1) is 5.82 Å². The molecular weight excluding hydrogens is 419 g/mol. The highest BCUT2D eigenvalue weighted by Gasteiger charge is 2.18. The summed E-state index contributed by atoms with van der Waals surface area (Å²) in [5.74, 6) is 0.00651. The summed E-state index contributed by atoms with van der Waals surface area (Å²) in [6, 6.07) is 17.1. The summed E-state index contributed by atoms with van der Waals surface area (Å²) < 4.78 is 14.9. The largest absolute Gasteiger partial charge is 0.334 e. The maximum Gasteiger partial charge on any atom is 0.245 e. The molecule has 0 aliphatic heterocycles. The van der Waals surface area contributed by atoms with Crippen LogP contribution in [0.3, 0.4) is 0 Å². The number of alkyl halides is 1. The van der Waals surface area contributed by atoms with E-state index in [1.54, 1.807) is 22.9 Å². The monoisotopic (exact) mass is 442 g/mol. The normalized spacial score (nSPS) is 10.7. The van der Waals surface area contributed by atoms with Crippen LogP contribution in [0.25, 0.3) is 16.9 Å². The summed E-state index contributed by atoms with van der Waals surface area (Å²) in [5, 5.41) is 7.43. The number of halogens is 2. The number of hydrogen-bond donors (Lipinski definition) is 1. The molecule has 1 aromatic heterocycles. The first kappa shape index (κ1) is 22.5. The fraction of sp³-hybridized carbons (Fsp3) is 0.261. The van der Waals surface area contributed by atoms with E-state index in [0.717, 1.165) is 5.56 Å². The van der Waals surface area contributed by atoms with Crippen molar-refractivity contribution >= 4 is 29.2 Å². The van der Waals surface area contributed by atoms with Crippen molar-refractivity contribution in [2.45, 2.75) is 19.8 Å². The summed E-state index contributed by atoms with van der Waals surface area (Å²) >= 11 is 5.66. The van der Waals surface area contributed by atoms with Crippen molar-refractivity contribution in [1.82, 2.24) is 14.7 Å². The molecule has 0 saturated heterocycles. The molecule has 0 radical (unpaired) electrons. The Morgan fingerprint density at radius 1 is 1.13 bits per heavy atom. The number of nitrogens with one attached hydrogen (secondary N) is 1. The van der Waals surface area contributed by atoms with Gasteiger partial charge in [0.15, 0.2) is 0 Å². The van der Waals surface area contributed by atoms with Crippen LogP contribution in [0.2, 0.25) is 0 Å². The predicted molar refractivity (Wildman–Crippen MR) is 120 cm³/mol. The van der Waals surface area contributed by atoms with Crippen molar-refractivity contribution in [3.8, 4) is 16.9 Å². The Morgan fingerprint density at radius 3 is 2.48 bits per heavy atom. The van der Waals surface area contributed by atoms with Crippen LogP contribution in [-0.4, -0.2) is 45.5 Å². The number of carbonyl (C=O) groups is 2. The second kappa shape index (κ2) is 10.7. The summed E-state index contributed by atoms with van der Waals surface area (Å²) in [6.45, 7) is 2.16. The number of benzene rings is 2. The molecule has 0 bridgehead atoms.